The molecule has 0 bridgehead atoms. The van der Waals surface area contributed by atoms with E-state index >= 15 is 0 Å². The van der Waals surface area contributed by atoms with Crippen LogP contribution in [-0.4, -0.2) is 30.0 Å². The van der Waals surface area contributed by atoms with Crippen LogP contribution in [-0.2, 0) is 6.18 Å². The predicted molar refractivity (Wildman–Crippen MR) is 83.8 cm³/mol. The summed E-state index contributed by atoms with van der Waals surface area (Å²) in [5, 5.41) is 2.86. The fourth-order valence-electron chi connectivity index (χ4n) is 2.71. The van der Waals surface area contributed by atoms with Gasteiger partial charge in [0, 0.05) is 30.9 Å². The van der Waals surface area contributed by atoms with Crippen LogP contribution in [0.2, 0.25) is 0 Å². The summed E-state index contributed by atoms with van der Waals surface area (Å²) < 4.78 is 37.6. The van der Waals surface area contributed by atoms with Crippen molar-refractivity contribution in [2.45, 2.75) is 18.6 Å². The van der Waals surface area contributed by atoms with E-state index in [0.29, 0.717) is 6.54 Å². The molecule has 24 heavy (non-hydrogen) atoms. The maximum absolute atomic E-state index is 12.5. The molecule has 3 rings (SSSR count). The summed E-state index contributed by atoms with van der Waals surface area (Å²) >= 11 is 0. The van der Waals surface area contributed by atoms with Gasteiger partial charge in [0.15, 0.2) is 0 Å². The van der Waals surface area contributed by atoms with Crippen molar-refractivity contribution in [3.8, 4) is 0 Å². The molecule has 0 aliphatic carbocycles. The standard InChI is InChI=1S/C17H16F3N3O/c18-17(19,20)13-6-4-12(5-7-13)16(24)22-14-8-10-23(11-14)15-3-1-2-9-21-15/h1-7,9,14H,8,10-11H2,(H,22,24). The van der Waals surface area contributed by atoms with Gasteiger partial charge >= 0.3 is 6.18 Å². The lowest BCUT2D eigenvalue weighted by Crippen LogP contribution is -2.37. The van der Waals surface area contributed by atoms with Gasteiger partial charge in [0.05, 0.1) is 5.56 Å². The Morgan fingerprint density at radius 3 is 2.54 bits per heavy atom. The first-order valence-corrected chi connectivity index (χ1v) is 7.57. The monoisotopic (exact) mass is 335 g/mol. The summed E-state index contributed by atoms with van der Waals surface area (Å²) in [6.07, 6.45) is -1.92. The third-order valence-electron chi connectivity index (χ3n) is 3.97. The van der Waals surface area contributed by atoms with E-state index in [1.165, 1.54) is 12.1 Å². The number of amides is 1. The SMILES string of the molecule is O=C(NC1CCN(c2ccccn2)C1)c1ccc(C(F)(F)F)cc1. The van der Waals surface area contributed by atoms with Crippen LogP contribution in [0.25, 0.3) is 0 Å². The minimum atomic E-state index is -4.40. The maximum Gasteiger partial charge on any atom is 0.416 e. The summed E-state index contributed by atoms with van der Waals surface area (Å²) in [6.45, 7) is 1.40. The van der Waals surface area contributed by atoms with E-state index < -0.39 is 11.7 Å². The molecule has 1 fully saturated rings. The summed E-state index contributed by atoms with van der Waals surface area (Å²) in [6, 6.07) is 9.82. The number of carbonyl (C=O) groups excluding carboxylic acids is 1. The molecule has 2 aromatic rings. The Balaban J connectivity index is 1.60. The van der Waals surface area contributed by atoms with Crippen LogP contribution in [0, 0.1) is 0 Å². The van der Waals surface area contributed by atoms with Gasteiger partial charge < -0.3 is 10.2 Å². The van der Waals surface area contributed by atoms with Crippen LogP contribution in [0.4, 0.5) is 19.0 Å². The lowest BCUT2D eigenvalue weighted by Gasteiger charge is -2.17. The van der Waals surface area contributed by atoms with Gasteiger partial charge in [-0.1, -0.05) is 6.07 Å². The Hall–Kier alpha value is -2.57. The number of anilines is 1. The Morgan fingerprint density at radius 2 is 1.92 bits per heavy atom. The number of halogens is 3. The molecule has 126 valence electrons. The number of pyridine rings is 1. The molecule has 1 saturated heterocycles. The molecule has 1 aliphatic heterocycles. The van der Waals surface area contributed by atoms with Crippen molar-refractivity contribution in [1.29, 1.82) is 0 Å². The molecule has 2 heterocycles. The van der Waals surface area contributed by atoms with E-state index in [1.54, 1.807) is 6.20 Å². The number of benzene rings is 1. The average Bonchev–Trinajstić information content (AvgIpc) is 3.03. The smallest absolute Gasteiger partial charge is 0.354 e. The lowest BCUT2D eigenvalue weighted by atomic mass is 10.1. The van der Waals surface area contributed by atoms with Gasteiger partial charge in [-0.15, -0.1) is 0 Å². The zero-order valence-electron chi connectivity index (χ0n) is 12.8. The lowest BCUT2D eigenvalue weighted by molar-refractivity contribution is -0.137. The van der Waals surface area contributed by atoms with Crippen molar-refractivity contribution in [3.63, 3.8) is 0 Å². The number of nitrogens with zero attached hydrogens (tertiary/aromatic N) is 2. The molecule has 0 spiro atoms. The molecule has 1 N–H and O–H groups in total. The molecule has 4 nitrogen and oxygen atoms in total. The first-order valence-electron chi connectivity index (χ1n) is 7.57. The second kappa shape index (κ2) is 6.51. The molecule has 1 aliphatic rings. The maximum atomic E-state index is 12.5. The van der Waals surface area contributed by atoms with Crippen LogP contribution in [0.1, 0.15) is 22.3 Å². The largest absolute Gasteiger partial charge is 0.416 e. The van der Waals surface area contributed by atoms with Crippen molar-refractivity contribution >= 4 is 11.7 Å². The molecule has 1 atom stereocenters. The molecule has 7 heteroatoms. The second-order valence-corrected chi connectivity index (χ2v) is 5.67. The zero-order chi connectivity index (χ0) is 17.2. The van der Waals surface area contributed by atoms with Crippen LogP contribution in [0.5, 0.6) is 0 Å². The van der Waals surface area contributed by atoms with Gasteiger partial charge in [-0.05, 0) is 42.8 Å². The van der Waals surface area contributed by atoms with E-state index in [9.17, 15) is 18.0 Å². The highest BCUT2D eigenvalue weighted by molar-refractivity contribution is 5.94. The van der Waals surface area contributed by atoms with E-state index in [4.69, 9.17) is 0 Å². The highest BCUT2D eigenvalue weighted by Gasteiger charge is 2.30. The van der Waals surface area contributed by atoms with E-state index in [1.807, 2.05) is 18.2 Å². The number of alkyl halides is 3. The van der Waals surface area contributed by atoms with Crippen molar-refractivity contribution in [3.05, 3.63) is 59.8 Å². The molecule has 1 unspecified atom stereocenters. The summed E-state index contributed by atoms with van der Waals surface area (Å²) in [5.41, 5.74) is -0.541. The number of hydrogen-bond acceptors (Lipinski definition) is 3. The van der Waals surface area contributed by atoms with E-state index in [2.05, 4.69) is 15.2 Å². The summed E-state index contributed by atoms with van der Waals surface area (Å²) in [5.74, 6) is 0.486. The highest BCUT2D eigenvalue weighted by atomic mass is 19.4. The first-order chi connectivity index (χ1) is 11.4. The van der Waals surface area contributed by atoms with Gasteiger partial charge in [0.1, 0.15) is 5.82 Å². The molecule has 1 amide bonds. The summed E-state index contributed by atoms with van der Waals surface area (Å²) in [7, 11) is 0. The number of aromatic nitrogens is 1. The quantitative estimate of drug-likeness (QED) is 0.937. The third kappa shape index (κ3) is 3.67. The number of carbonyl (C=O) groups is 1. The normalized spacial score (nSPS) is 17.8. The molecule has 1 aromatic carbocycles. The predicted octanol–water partition coefficient (Wildman–Crippen LogP) is 3.11. The summed E-state index contributed by atoms with van der Waals surface area (Å²) in [4.78, 5) is 18.5. The molecular formula is C17H16F3N3O. The van der Waals surface area contributed by atoms with Crippen LogP contribution >= 0.6 is 0 Å². The second-order valence-electron chi connectivity index (χ2n) is 5.67. The highest BCUT2D eigenvalue weighted by Crippen LogP contribution is 2.29. The Bertz CT molecular complexity index is 701. The molecule has 0 saturated carbocycles. The zero-order valence-corrected chi connectivity index (χ0v) is 12.8. The molecule has 0 radical (unpaired) electrons. The van der Waals surface area contributed by atoms with Crippen LogP contribution in [0.15, 0.2) is 48.7 Å². The molecule has 1 aromatic heterocycles. The van der Waals surface area contributed by atoms with Crippen molar-refractivity contribution in [2.24, 2.45) is 0 Å². The van der Waals surface area contributed by atoms with Gasteiger partial charge in [-0.2, -0.15) is 13.2 Å². The van der Waals surface area contributed by atoms with Crippen molar-refractivity contribution in [1.82, 2.24) is 10.3 Å². The fourth-order valence-corrected chi connectivity index (χ4v) is 2.71. The third-order valence-corrected chi connectivity index (χ3v) is 3.97. The fraction of sp³-hybridized carbons (Fsp3) is 0.294. The van der Waals surface area contributed by atoms with Gasteiger partial charge in [0.25, 0.3) is 5.91 Å². The van der Waals surface area contributed by atoms with Gasteiger partial charge in [-0.25, -0.2) is 4.98 Å². The number of rotatable bonds is 3. The Kier molecular flexibility index (Phi) is 4.42. The number of nitrogens with one attached hydrogen (secondary N) is 1. The minimum Gasteiger partial charge on any atom is -0.354 e. The number of hydrogen-bond donors (Lipinski definition) is 1. The van der Waals surface area contributed by atoms with Gasteiger partial charge in [0.2, 0.25) is 0 Å². The van der Waals surface area contributed by atoms with Gasteiger partial charge in [-0.3, -0.25) is 4.79 Å². The Morgan fingerprint density at radius 1 is 1.17 bits per heavy atom. The van der Waals surface area contributed by atoms with Crippen molar-refractivity contribution in [2.75, 3.05) is 18.0 Å². The van der Waals surface area contributed by atoms with E-state index in [0.717, 1.165) is 30.9 Å². The average molecular weight is 335 g/mol. The molecular weight excluding hydrogens is 319 g/mol. The topological polar surface area (TPSA) is 45.2 Å². The van der Waals surface area contributed by atoms with E-state index in [-0.39, 0.29) is 17.5 Å². The first kappa shape index (κ1) is 16.3. The minimum absolute atomic E-state index is 0.0539. The van der Waals surface area contributed by atoms with Crippen molar-refractivity contribution < 1.29 is 18.0 Å². The van der Waals surface area contributed by atoms with Crippen LogP contribution in [0.3, 0.4) is 0 Å². The van der Waals surface area contributed by atoms with Crippen LogP contribution < -0.4 is 10.2 Å². The Labute approximate surface area is 137 Å².